The fourth-order valence-electron chi connectivity index (χ4n) is 1.83. The minimum absolute atomic E-state index is 0.0999. The molecule has 1 rings (SSSR count). The van der Waals surface area contributed by atoms with Crippen molar-refractivity contribution in [2.75, 3.05) is 19.0 Å². The molecule has 0 unspecified atom stereocenters. The Kier molecular flexibility index (Phi) is 6.76. The Hall–Kier alpha value is -1.85. The van der Waals surface area contributed by atoms with Crippen LogP contribution in [0.25, 0.3) is 0 Å². The fourth-order valence-corrected chi connectivity index (χ4v) is 1.83. The highest BCUT2D eigenvalue weighted by atomic mass is 16.5. The molecule has 6 nitrogen and oxygen atoms in total. The molecule has 1 aromatic heterocycles. The van der Waals surface area contributed by atoms with Gasteiger partial charge in [0, 0.05) is 31.4 Å². The number of aromatic nitrogens is 2. The maximum Gasteiger partial charge on any atom is 0.305 e. The largest absolute Gasteiger partial charge is 0.469 e. The van der Waals surface area contributed by atoms with Gasteiger partial charge < -0.3 is 14.6 Å². The maximum absolute atomic E-state index is 12.0. The highest BCUT2D eigenvalue weighted by Crippen LogP contribution is 2.04. The second-order valence-electron chi connectivity index (χ2n) is 4.90. The van der Waals surface area contributed by atoms with Gasteiger partial charge in [-0.15, -0.1) is 0 Å². The zero-order valence-corrected chi connectivity index (χ0v) is 12.4. The SMILES string of the molecule is COC(=O)CCCCCNc1nccn(C(C)C)c1=O. The van der Waals surface area contributed by atoms with Gasteiger partial charge in [0.1, 0.15) is 0 Å². The maximum atomic E-state index is 12.0. The fraction of sp³-hybridized carbons (Fsp3) is 0.643. The molecule has 0 saturated carbocycles. The number of methoxy groups -OCH3 is 1. The predicted octanol–water partition coefficient (Wildman–Crippen LogP) is 1.97. The third-order valence-corrected chi connectivity index (χ3v) is 3.00. The smallest absolute Gasteiger partial charge is 0.305 e. The average molecular weight is 281 g/mol. The number of unbranched alkanes of at least 4 members (excludes halogenated alkanes) is 2. The molecule has 0 atom stereocenters. The van der Waals surface area contributed by atoms with E-state index in [2.05, 4.69) is 15.0 Å². The van der Waals surface area contributed by atoms with Gasteiger partial charge in [0.05, 0.1) is 7.11 Å². The molecule has 0 fully saturated rings. The summed E-state index contributed by atoms with van der Waals surface area (Å²) in [5, 5.41) is 3.05. The molecule has 1 N–H and O–H groups in total. The molecule has 1 aromatic rings. The van der Waals surface area contributed by atoms with Crippen LogP contribution in [0.5, 0.6) is 0 Å². The lowest BCUT2D eigenvalue weighted by Gasteiger charge is -2.11. The van der Waals surface area contributed by atoms with Crippen molar-refractivity contribution in [2.24, 2.45) is 0 Å². The predicted molar refractivity (Wildman–Crippen MR) is 77.9 cm³/mol. The summed E-state index contributed by atoms with van der Waals surface area (Å²) in [4.78, 5) is 27.0. The minimum atomic E-state index is -0.178. The van der Waals surface area contributed by atoms with Gasteiger partial charge in [-0.2, -0.15) is 0 Å². The average Bonchev–Trinajstić information content (AvgIpc) is 2.43. The highest BCUT2D eigenvalue weighted by Gasteiger charge is 2.06. The second-order valence-corrected chi connectivity index (χ2v) is 4.90. The van der Waals surface area contributed by atoms with Gasteiger partial charge in [-0.25, -0.2) is 4.98 Å². The van der Waals surface area contributed by atoms with E-state index < -0.39 is 0 Å². The zero-order valence-electron chi connectivity index (χ0n) is 12.4. The van der Waals surface area contributed by atoms with Crippen molar-refractivity contribution in [3.05, 3.63) is 22.7 Å². The summed E-state index contributed by atoms with van der Waals surface area (Å²) in [5.41, 5.74) is -0.0999. The van der Waals surface area contributed by atoms with Crippen molar-refractivity contribution in [2.45, 2.75) is 45.6 Å². The number of carbonyl (C=O) groups is 1. The van der Waals surface area contributed by atoms with E-state index in [4.69, 9.17) is 0 Å². The van der Waals surface area contributed by atoms with E-state index in [9.17, 15) is 9.59 Å². The lowest BCUT2D eigenvalue weighted by Crippen LogP contribution is -2.25. The van der Waals surface area contributed by atoms with E-state index in [1.165, 1.54) is 7.11 Å². The van der Waals surface area contributed by atoms with Crippen molar-refractivity contribution >= 4 is 11.8 Å². The quantitative estimate of drug-likeness (QED) is 0.582. The highest BCUT2D eigenvalue weighted by molar-refractivity contribution is 5.68. The molecule has 20 heavy (non-hydrogen) atoms. The van der Waals surface area contributed by atoms with E-state index in [-0.39, 0.29) is 17.6 Å². The van der Waals surface area contributed by atoms with Crippen LogP contribution in [0.3, 0.4) is 0 Å². The van der Waals surface area contributed by atoms with Gasteiger partial charge in [-0.05, 0) is 26.7 Å². The second kappa shape index (κ2) is 8.35. The Balaban J connectivity index is 2.34. The molecule has 0 aliphatic rings. The van der Waals surface area contributed by atoms with Crippen LogP contribution in [-0.4, -0.2) is 29.2 Å². The van der Waals surface area contributed by atoms with Gasteiger partial charge in [0.25, 0.3) is 5.56 Å². The summed E-state index contributed by atoms with van der Waals surface area (Å²) in [6.07, 6.45) is 6.35. The van der Waals surface area contributed by atoms with E-state index in [0.29, 0.717) is 18.8 Å². The lowest BCUT2D eigenvalue weighted by molar-refractivity contribution is -0.140. The third kappa shape index (κ3) is 5.03. The molecule has 0 saturated heterocycles. The Morgan fingerprint density at radius 2 is 2.15 bits per heavy atom. The first-order chi connectivity index (χ1) is 9.56. The molecule has 0 amide bonds. The first-order valence-corrected chi connectivity index (χ1v) is 6.94. The molecule has 0 radical (unpaired) electrons. The van der Waals surface area contributed by atoms with Gasteiger partial charge in [-0.1, -0.05) is 6.42 Å². The van der Waals surface area contributed by atoms with Crippen molar-refractivity contribution in [1.82, 2.24) is 9.55 Å². The normalized spacial score (nSPS) is 10.6. The molecule has 6 heteroatoms. The van der Waals surface area contributed by atoms with Crippen molar-refractivity contribution in [3.8, 4) is 0 Å². The summed E-state index contributed by atoms with van der Waals surface area (Å²) in [6.45, 7) is 4.58. The molecule has 0 aromatic carbocycles. The molecule has 0 bridgehead atoms. The van der Waals surface area contributed by atoms with Crippen molar-refractivity contribution < 1.29 is 9.53 Å². The van der Waals surface area contributed by atoms with Crippen LogP contribution < -0.4 is 10.9 Å². The van der Waals surface area contributed by atoms with E-state index in [0.717, 1.165) is 19.3 Å². The minimum Gasteiger partial charge on any atom is -0.469 e. The van der Waals surface area contributed by atoms with Gasteiger partial charge >= 0.3 is 5.97 Å². The van der Waals surface area contributed by atoms with E-state index in [1.54, 1.807) is 17.0 Å². The molecule has 0 spiro atoms. The monoisotopic (exact) mass is 281 g/mol. The number of hydrogen-bond acceptors (Lipinski definition) is 5. The lowest BCUT2D eigenvalue weighted by atomic mass is 10.2. The number of hydrogen-bond donors (Lipinski definition) is 1. The number of carbonyl (C=O) groups excluding carboxylic acids is 1. The van der Waals surface area contributed by atoms with E-state index >= 15 is 0 Å². The van der Waals surface area contributed by atoms with Gasteiger partial charge in [-0.3, -0.25) is 9.59 Å². The Bertz CT molecular complexity index is 483. The number of nitrogens with zero attached hydrogens (tertiary/aromatic N) is 2. The molecule has 1 heterocycles. The van der Waals surface area contributed by atoms with Crippen LogP contribution in [0.1, 0.15) is 45.6 Å². The van der Waals surface area contributed by atoms with Crippen LogP contribution in [-0.2, 0) is 9.53 Å². The van der Waals surface area contributed by atoms with Crippen molar-refractivity contribution in [3.63, 3.8) is 0 Å². The molecule has 112 valence electrons. The van der Waals surface area contributed by atoms with Crippen LogP contribution in [0, 0.1) is 0 Å². The number of anilines is 1. The molecular weight excluding hydrogens is 258 g/mol. The summed E-state index contributed by atoms with van der Waals surface area (Å²) < 4.78 is 6.21. The summed E-state index contributed by atoms with van der Waals surface area (Å²) in [7, 11) is 1.39. The number of esters is 1. The number of rotatable bonds is 8. The number of ether oxygens (including phenoxy) is 1. The molecule has 0 aliphatic heterocycles. The standard InChI is InChI=1S/C14H23N3O3/c1-11(2)17-10-9-16-13(14(17)19)15-8-6-4-5-7-12(18)20-3/h9-11H,4-8H2,1-3H3,(H,15,16). The van der Waals surface area contributed by atoms with E-state index in [1.807, 2.05) is 13.8 Å². The molecule has 0 aliphatic carbocycles. The molecular formula is C14H23N3O3. The first kappa shape index (κ1) is 16.2. The van der Waals surface area contributed by atoms with Crippen LogP contribution in [0.2, 0.25) is 0 Å². The van der Waals surface area contributed by atoms with Gasteiger partial charge in [0.2, 0.25) is 0 Å². The first-order valence-electron chi connectivity index (χ1n) is 6.94. The number of nitrogens with one attached hydrogen (secondary N) is 1. The summed E-state index contributed by atoms with van der Waals surface area (Å²) >= 11 is 0. The van der Waals surface area contributed by atoms with Crippen LogP contribution in [0.15, 0.2) is 17.2 Å². The summed E-state index contributed by atoms with van der Waals surface area (Å²) in [5.74, 6) is 0.205. The van der Waals surface area contributed by atoms with Crippen LogP contribution in [0.4, 0.5) is 5.82 Å². The van der Waals surface area contributed by atoms with Crippen molar-refractivity contribution in [1.29, 1.82) is 0 Å². The topological polar surface area (TPSA) is 73.2 Å². The Labute approximate surface area is 119 Å². The Morgan fingerprint density at radius 3 is 2.80 bits per heavy atom. The summed E-state index contributed by atoms with van der Waals surface area (Å²) in [6, 6.07) is 0.117. The third-order valence-electron chi connectivity index (χ3n) is 3.00. The Morgan fingerprint density at radius 1 is 1.40 bits per heavy atom. The zero-order chi connectivity index (χ0) is 15.0. The van der Waals surface area contributed by atoms with Gasteiger partial charge in [0.15, 0.2) is 5.82 Å². The van der Waals surface area contributed by atoms with Crippen LogP contribution >= 0.6 is 0 Å².